The summed E-state index contributed by atoms with van der Waals surface area (Å²) in [6.07, 6.45) is 8.77. The van der Waals surface area contributed by atoms with E-state index in [9.17, 15) is 8.42 Å². The summed E-state index contributed by atoms with van der Waals surface area (Å²) < 4.78 is 22.9. The smallest absolute Gasteiger partial charge is 0.152 e. The maximum Gasteiger partial charge on any atom is 0.152 e. The van der Waals surface area contributed by atoms with Crippen molar-refractivity contribution in [1.29, 1.82) is 0 Å². The van der Waals surface area contributed by atoms with Crippen LogP contribution in [0.2, 0.25) is 0 Å². The molecule has 0 aromatic heterocycles. The van der Waals surface area contributed by atoms with Gasteiger partial charge >= 0.3 is 0 Å². The highest BCUT2D eigenvalue weighted by atomic mass is 32.2. The Kier molecular flexibility index (Phi) is 3.40. The van der Waals surface area contributed by atoms with E-state index in [2.05, 4.69) is 17.5 Å². The van der Waals surface area contributed by atoms with Crippen molar-refractivity contribution in [2.75, 3.05) is 18.1 Å². The first kappa shape index (κ1) is 12.1. The molecule has 2 atom stereocenters. The van der Waals surface area contributed by atoms with E-state index in [1.54, 1.807) is 0 Å². The molecule has 0 bridgehead atoms. The summed E-state index contributed by atoms with van der Waals surface area (Å²) in [5, 5.41) is 3.47. The fraction of sp³-hybridized carbons (Fsp3) is 0.833. The van der Waals surface area contributed by atoms with Gasteiger partial charge in [0.25, 0.3) is 0 Å². The van der Waals surface area contributed by atoms with E-state index in [-0.39, 0.29) is 5.54 Å². The molecule has 2 rings (SSSR count). The van der Waals surface area contributed by atoms with Gasteiger partial charge in [-0.15, -0.1) is 0 Å². The summed E-state index contributed by atoms with van der Waals surface area (Å²) in [5.74, 6) is 1.34. The third kappa shape index (κ3) is 3.08. The Labute approximate surface area is 98.2 Å². The first-order chi connectivity index (χ1) is 7.49. The molecule has 1 aliphatic carbocycles. The monoisotopic (exact) mass is 243 g/mol. The van der Waals surface area contributed by atoms with E-state index in [4.69, 9.17) is 0 Å². The van der Waals surface area contributed by atoms with Crippen molar-refractivity contribution >= 4 is 9.84 Å². The second-order valence-corrected chi connectivity index (χ2v) is 7.62. The average molecular weight is 243 g/mol. The third-order valence-electron chi connectivity index (χ3n) is 3.70. The minimum absolute atomic E-state index is 0.181. The largest absolute Gasteiger partial charge is 0.310 e. The van der Waals surface area contributed by atoms with E-state index >= 15 is 0 Å². The molecule has 2 unspecified atom stereocenters. The van der Waals surface area contributed by atoms with Crippen LogP contribution in [0.4, 0.5) is 0 Å². The molecule has 0 aromatic carbocycles. The molecule has 1 saturated heterocycles. The van der Waals surface area contributed by atoms with Crippen LogP contribution >= 0.6 is 0 Å². The van der Waals surface area contributed by atoms with Crippen molar-refractivity contribution in [2.24, 2.45) is 5.92 Å². The number of nitrogens with one attached hydrogen (secondary N) is 1. The Morgan fingerprint density at radius 2 is 2.25 bits per heavy atom. The first-order valence-corrected chi connectivity index (χ1v) is 7.92. The number of allylic oxidation sites excluding steroid dienone is 2. The fourth-order valence-corrected chi connectivity index (χ4v) is 4.71. The summed E-state index contributed by atoms with van der Waals surface area (Å²) in [5.41, 5.74) is -0.181. The molecule has 2 aliphatic rings. The van der Waals surface area contributed by atoms with Crippen molar-refractivity contribution in [3.05, 3.63) is 12.2 Å². The summed E-state index contributed by atoms with van der Waals surface area (Å²) in [6.45, 7) is 2.99. The van der Waals surface area contributed by atoms with Crippen LogP contribution in [0.1, 0.15) is 32.6 Å². The number of rotatable bonds is 3. The maximum atomic E-state index is 11.4. The lowest BCUT2D eigenvalue weighted by Crippen LogP contribution is -2.45. The van der Waals surface area contributed by atoms with Crippen LogP contribution in [0.25, 0.3) is 0 Å². The van der Waals surface area contributed by atoms with E-state index in [1.165, 1.54) is 12.8 Å². The molecule has 0 radical (unpaired) electrons. The van der Waals surface area contributed by atoms with Crippen LogP contribution in [0.15, 0.2) is 12.2 Å². The van der Waals surface area contributed by atoms with E-state index in [0.717, 1.165) is 19.4 Å². The molecule has 1 N–H and O–H groups in total. The summed E-state index contributed by atoms with van der Waals surface area (Å²) in [4.78, 5) is 0. The Balaban J connectivity index is 1.83. The quantitative estimate of drug-likeness (QED) is 0.764. The number of hydrogen-bond acceptors (Lipinski definition) is 3. The fourth-order valence-electron chi connectivity index (χ4n) is 2.58. The first-order valence-electron chi connectivity index (χ1n) is 6.10. The molecule has 0 saturated carbocycles. The van der Waals surface area contributed by atoms with Gasteiger partial charge in [-0.2, -0.15) is 0 Å². The van der Waals surface area contributed by atoms with Gasteiger partial charge in [0.2, 0.25) is 0 Å². The molecule has 0 amide bonds. The van der Waals surface area contributed by atoms with E-state index < -0.39 is 9.84 Å². The predicted molar refractivity (Wildman–Crippen MR) is 66.2 cm³/mol. The highest BCUT2D eigenvalue weighted by Crippen LogP contribution is 2.24. The topological polar surface area (TPSA) is 46.2 Å². The van der Waals surface area contributed by atoms with Crippen molar-refractivity contribution in [3.63, 3.8) is 0 Å². The normalized spacial score (nSPS) is 37.7. The van der Waals surface area contributed by atoms with Gasteiger partial charge in [-0.1, -0.05) is 12.2 Å². The molecule has 0 spiro atoms. The zero-order valence-corrected chi connectivity index (χ0v) is 10.7. The zero-order valence-electron chi connectivity index (χ0n) is 9.91. The lowest BCUT2D eigenvalue weighted by atomic mass is 9.92. The average Bonchev–Trinajstić information content (AvgIpc) is 2.53. The summed E-state index contributed by atoms with van der Waals surface area (Å²) in [7, 11) is -2.78. The van der Waals surface area contributed by atoms with Crippen molar-refractivity contribution in [2.45, 2.75) is 38.1 Å². The van der Waals surface area contributed by atoms with Crippen LogP contribution < -0.4 is 5.32 Å². The Morgan fingerprint density at radius 1 is 1.44 bits per heavy atom. The molecule has 16 heavy (non-hydrogen) atoms. The minimum Gasteiger partial charge on any atom is -0.310 e. The molecule has 1 aliphatic heterocycles. The van der Waals surface area contributed by atoms with Gasteiger partial charge in [0, 0.05) is 5.54 Å². The SMILES string of the molecule is CC1(NCC2CC=CCC2)CCS(=O)(=O)C1. The molecule has 1 heterocycles. The zero-order chi connectivity index (χ0) is 11.6. The number of sulfone groups is 1. The molecule has 92 valence electrons. The Hall–Kier alpha value is -0.350. The molecular weight excluding hydrogens is 222 g/mol. The van der Waals surface area contributed by atoms with Crippen LogP contribution in [0.5, 0.6) is 0 Å². The lowest BCUT2D eigenvalue weighted by molar-refractivity contribution is 0.340. The lowest BCUT2D eigenvalue weighted by Gasteiger charge is -2.28. The Bertz CT molecular complexity index is 374. The standard InChI is InChI=1S/C12H21NO2S/c1-12(7-8-16(14,15)10-12)13-9-11-5-3-2-4-6-11/h2-3,11,13H,4-10H2,1H3. The molecular formula is C12H21NO2S. The maximum absolute atomic E-state index is 11.4. The third-order valence-corrected chi connectivity index (χ3v) is 5.60. The number of hydrogen-bond donors (Lipinski definition) is 1. The Morgan fingerprint density at radius 3 is 2.81 bits per heavy atom. The molecule has 4 heteroatoms. The summed E-state index contributed by atoms with van der Waals surface area (Å²) in [6, 6.07) is 0. The van der Waals surface area contributed by atoms with Gasteiger partial charge in [0.15, 0.2) is 9.84 Å². The second-order valence-electron chi connectivity index (χ2n) is 5.43. The van der Waals surface area contributed by atoms with Crippen LogP contribution in [-0.4, -0.2) is 32.0 Å². The van der Waals surface area contributed by atoms with Crippen molar-refractivity contribution < 1.29 is 8.42 Å². The molecule has 0 aromatic rings. The second kappa shape index (κ2) is 4.49. The van der Waals surface area contributed by atoms with Crippen LogP contribution in [0.3, 0.4) is 0 Å². The molecule has 3 nitrogen and oxygen atoms in total. The summed E-state index contributed by atoms with van der Waals surface area (Å²) >= 11 is 0. The van der Waals surface area contributed by atoms with E-state index in [0.29, 0.717) is 17.4 Å². The minimum atomic E-state index is -2.78. The predicted octanol–water partition coefficient (Wildman–Crippen LogP) is 1.51. The van der Waals surface area contributed by atoms with Crippen molar-refractivity contribution in [3.8, 4) is 0 Å². The van der Waals surface area contributed by atoms with Crippen LogP contribution in [-0.2, 0) is 9.84 Å². The van der Waals surface area contributed by atoms with Gasteiger partial charge in [-0.05, 0) is 45.1 Å². The van der Waals surface area contributed by atoms with Gasteiger partial charge in [-0.25, -0.2) is 8.42 Å². The van der Waals surface area contributed by atoms with Gasteiger partial charge < -0.3 is 5.32 Å². The van der Waals surface area contributed by atoms with Crippen LogP contribution in [0, 0.1) is 5.92 Å². The highest BCUT2D eigenvalue weighted by molar-refractivity contribution is 7.91. The van der Waals surface area contributed by atoms with E-state index in [1.807, 2.05) is 6.92 Å². The van der Waals surface area contributed by atoms with Gasteiger partial charge in [0.05, 0.1) is 11.5 Å². The highest BCUT2D eigenvalue weighted by Gasteiger charge is 2.38. The van der Waals surface area contributed by atoms with Gasteiger partial charge in [-0.3, -0.25) is 0 Å². The van der Waals surface area contributed by atoms with Gasteiger partial charge in [0.1, 0.15) is 0 Å². The molecule has 1 fully saturated rings. The van der Waals surface area contributed by atoms with Crippen molar-refractivity contribution in [1.82, 2.24) is 5.32 Å².